The fraction of sp³-hybridized carbons (Fsp3) is 0.923. The molecule has 1 aliphatic heterocycles. The Hall–Kier alpha value is -0.610. The first-order valence-electron chi connectivity index (χ1n) is 6.50. The fourth-order valence-electron chi connectivity index (χ4n) is 1.90. The van der Waals surface area contributed by atoms with E-state index in [0.717, 1.165) is 19.5 Å². The molecule has 1 fully saturated rings. The Bertz CT molecular complexity index is 242. The van der Waals surface area contributed by atoms with Crippen molar-refractivity contribution in [3.63, 3.8) is 0 Å². The van der Waals surface area contributed by atoms with Crippen molar-refractivity contribution in [2.24, 2.45) is 0 Å². The summed E-state index contributed by atoms with van der Waals surface area (Å²) in [6.07, 6.45) is 3.68. The lowest BCUT2D eigenvalue weighted by atomic mass is 10.0. The summed E-state index contributed by atoms with van der Waals surface area (Å²) in [4.78, 5) is 13.6. The molecule has 17 heavy (non-hydrogen) atoms. The zero-order chi connectivity index (χ0) is 12.9. The maximum atomic E-state index is 11.8. The Kier molecular flexibility index (Phi) is 5.40. The van der Waals surface area contributed by atoms with E-state index in [1.165, 1.54) is 12.8 Å². The highest BCUT2D eigenvalue weighted by atomic mass is 16.5. The topological polar surface area (TPSA) is 41.6 Å². The van der Waals surface area contributed by atoms with Crippen molar-refractivity contribution in [3.8, 4) is 0 Å². The Morgan fingerprint density at radius 1 is 1.41 bits per heavy atom. The molecule has 0 radical (unpaired) electrons. The summed E-state index contributed by atoms with van der Waals surface area (Å²) in [5.74, 6) is 0.0623. The van der Waals surface area contributed by atoms with Crippen LogP contribution in [0.5, 0.6) is 0 Å². The molecule has 1 unspecified atom stereocenters. The molecule has 1 aliphatic rings. The Morgan fingerprint density at radius 2 is 2.12 bits per heavy atom. The third-order valence-corrected chi connectivity index (χ3v) is 2.96. The van der Waals surface area contributed by atoms with E-state index < -0.39 is 0 Å². The van der Waals surface area contributed by atoms with E-state index in [4.69, 9.17) is 4.74 Å². The molecule has 1 amide bonds. The van der Waals surface area contributed by atoms with Crippen molar-refractivity contribution in [2.75, 3.05) is 26.7 Å². The number of ether oxygens (including phenoxy) is 1. The maximum absolute atomic E-state index is 11.8. The van der Waals surface area contributed by atoms with Gasteiger partial charge in [-0.15, -0.1) is 0 Å². The van der Waals surface area contributed by atoms with Crippen LogP contribution >= 0.6 is 0 Å². The molecule has 0 spiro atoms. The molecule has 0 aromatic carbocycles. The number of likely N-dealkylation sites (N-methyl/N-ethyl adjacent to an activating group) is 1. The van der Waals surface area contributed by atoms with Crippen LogP contribution in [0, 0.1) is 0 Å². The summed E-state index contributed by atoms with van der Waals surface area (Å²) < 4.78 is 5.49. The molecule has 1 N–H and O–H groups in total. The lowest BCUT2D eigenvalue weighted by Gasteiger charge is -2.29. The van der Waals surface area contributed by atoms with Crippen molar-refractivity contribution in [1.29, 1.82) is 0 Å². The highest BCUT2D eigenvalue weighted by molar-refractivity contribution is 5.77. The van der Waals surface area contributed by atoms with Crippen LogP contribution in [0.25, 0.3) is 0 Å². The van der Waals surface area contributed by atoms with Gasteiger partial charge in [-0.2, -0.15) is 0 Å². The van der Waals surface area contributed by atoms with Gasteiger partial charge in [0.15, 0.2) is 0 Å². The molecule has 0 saturated carbocycles. The van der Waals surface area contributed by atoms with Crippen molar-refractivity contribution >= 4 is 5.91 Å². The van der Waals surface area contributed by atoms with Gasteiger partial charge in [-0.05, 0) is 40.2 Å². The first kappa shape index (κ1) is 14.5. The van der Waals surface area contributed by atoms with Crippen molar-refractivity contribution in [2.45, 2.75) is 51.7 Å². The van der Waals surface area contributed by atoms with Gasteiger partial charge in [-0.1, -0.05) is 6.42 Å². The van der Waals surface area contributed by atoms with E-state index in [1.807, 2.05) is 27.8 Å². The molecule has 100 valence electrons. The molecule has 4 nitrogen and oxygen atoms in total. The normalized spacial score (nSPS) is 21.3. The lowest BCUT2D eigenvalue weighted by molar-refractivity contribution is -0.140. The SMILES string of the molecule is CN(CC1CCCCN1)C(=O)COC(C)(C)C. The summed E-state index contributed by atoms with van der Waals surface area (Å²) in [6.45, 7) is 7.92. The summed E-state index contributed by atoms with van der Waals surface area (Å²) in [6, 6.07) is 0.451. The number of hydrogen-bond donors (Lipinski definition) is 1. The van der Waals surface area contributed by atoms with Crippen molar-refractivity contribution in [3.05, 3.63) is 0 Å². The highest BCUT2D eigenvalue weighted by Crippen LogP contribution is 2.09. The van der Waals surface area contributed by atoms with Crippen molar-refractivity contribution < 1.29 is 9.53 Å². The van der Waals surface area contributed by atoms with E-state index in [2.05, 4.69) is 5.32 Å². The number of rotatable bonds is 4. The van der Waals surface area contributed by atoms with Gasteiger partial charge in [0.05, 0.1) is 5.60 Å². The predicted molar refractivity (Wildman–Crippen MR) is 69.0 cm³/mol. The van der Waals surface area contributed by atoms with Crippen molar-refractivity contribution in [1.82, 2.24) is 10.2 Å². The summed E-state index contributed by atoms with van der Waals surface area (Å²) in [7, 11) is 1.85. The van der Waals surface area contributed by atoms with E-state index in [1.54, 1.807) is 4.90 Å². The number of carbonyl (C=O) groups is 1. The van der Waals surface area contributed by atoms with Crippen LogP contribution in [-0.4, -0.2) is 49.2 Å². The van der Waals surface area contributed by atoms with Crippen LogP contribution in [0.4, 0.5) is 0 Å². The van der Waals surface area contributed by atoms with Crippen LogP contribution in [-0.2, 0) is 9.53 Å². The van der Waals surface area contributed by atoms with Gasteiger partial charge in [0.25, 0.3) is 0 Å². The second-order valence-corrected chi connectivity index (χ2v) is 5.82. The molecular formula is C13H26N2O2. The second-order valence-electron chi connectivity index (χ2n) is 5.82. The number of nitrogens with zero attached hydrogens (tertiary/aromatic N) is 1. The minimum Gasteiger partial charge on any atom is -0.366 e. The van der Waals surface area contributed by atoms with Crippen LogP contribution < -0.4 is 5.32 Å². The van der Waals surface area contributed by atoms with E-state index in [9.17, 15) is 4.79 Å². The van der Waals surface area contributed by atoms with Crippen LogP contribution in [0.3, 0.4) is 0 Å². The summed E-state index contributed by atoms with van der Waals surface area (Å²) in [5, 5.41) is 3.44. The van der Waals surface area contributed by atoms with Gasteiger partial charge in [-0.25, -0.2) is 0 Å². The van der Waals surface area contributed by atoms with E-state index >= 15 is 0 Å². The van der Waals surface area contributed by atoms with Crippen LogP contribution in [0.15, 0.2) is 0 Å². The Labute approximate surface area is 105 Å². The lowest BCUT2D eigenvalue weighted by Crippen LogP contribution is -2.45. The first-order chi connectivity index (χ1) is 7.88. The van der Waals surface area contributed by atoms with Gasteiger partial charge >= 0.3 is 0 Å². The standard InChI is InChI=1S/C13H26N2O2/c1-13(2,3)17-10-12(16)15(4)9-11-7-5-6-8-14-11/h11,14H,5-10H2,1-4H3. The average molecular weight is 242 g/mol. The molecule has 0 bridgehead atoms. The monoisotopic (exact) mass is 242 g/mol. The van der Waals surface area contributed by atoms with Gasteiger partial charge < -0.3 is 15.0 Å². The van der Waals surface area contributed by atoms with E-state index in [0.29, 0.717) is 6.04 Å². The number of hydrogen-bond acceptors (Lipinski definition) is 3. The molecule has 0 aromatic rings. The Balaban J connectivity index is 2.26. The minimum atomic E-state index is -0.250. The third-order valence-electron chi connectivity index (χ3n) is 2.96. The molecule has 1 saturated heterocycles. The van der Waals surface area contributed by atoms with Gasteiger partial charge in [0, 0.05) is 19.6 Å². The molecular weight excluding hydrogens is 216 g/mol. The smallest absolute Gasteiger partial charge is 0.248 e. The number of piperidine rings is 1. The zero-order valence-corrected chi connectivity index (χ0v) is 11.6. The number of carbonyl (C=O) groups excluding carboxylic acids is 1. The average Bonchev–Trinajstić information content (AvgIpc) is 2.26. The summed E-state index contributed by atoms with van der Waals surface area (Å²) >= 11 is 0. The summed E-state index contributed by atoms with van der Waals surface area (Å²) in [5.41, 5.74) is -0.250. The molecule has 0 aromatic heterocycles. The molecule has 1 heterocycles. The minimum absolute atomic E-state index is 0.0623. The predicted octanol–water partition coefficient (Wildman–Crippen LogP) is 1.40. The fourth-order valence-corrected chi connectivity index (χ4v) is 1.90. The van der Waals surface area contributed by atoms with E-state index in [-0.39, 0.29) is 18.1 Å². The largest absolute Gasteiger partial charge is 0.366 e. The maximum Gasteiger partial charge on any atom is 0.248 e. The van der Waals surface area contributed by atoms with Gasteiger partial charge in [0.1, 0.15) is 6.61 Å². The quantitative estimate of drug-likeness (QED) is 0.810. The number of amides is 1. The molecule has 4 heteroatoms. The second kappa shape index (κ2) is 6.36. The third kappa shape index (κ3) is 6.03. The van der Waals surface area contributed by atoms with Crippen LogP contribution in [0.2, 0.25) is 0 Å². The molecule has 1 atom stereocenters. The first-order valence-corrected chi connectivity index (χ1v) is 6.50. The Morgan fingerprint density at radius 3 is 2.65 bits per heavy atom. The van der Waals surface area contributed by atoms with Gasteiger partial charge in [0.2, 0.25) is 5.91 Å². The zero-order valence-electron chi connectivity index (χ0n) is 11.6. The molecule has 0 aliphatic carbocycles. The highest BCUT2D eigenvalue weighted by Gasteiger charge is 2.19. The van der Waals surface area contributed by atoms with Crippen LogP contribution in [0.1, 0.15) is 40.0 Å². The van der Waals surface area contributed by atoms with Gasteiger partial charge in [-0.3, -0.25) is 4.79 Å². The molecule has 1 rings (SSSR count). The number of nitrogens with one attached hydrogen (secondary N) is 1.